The van der Waals surface area contributed by atoms with Crippen molar-refractivity contribution in [3.05, 3.63) is 27.9 Å². The first-order chi connectivity index (χ1) is 10.6. The van der Waals surface area contributed by atoms with Gasteiger partial charge in [-0.1, -0.05) is 0 Å². The van der Waals surface area contributed by atoms with Crippen LogP contribution in [0, 0.1) is 10.1 Å². The zero-order valence-electron chi connectivity index (χ0n) is 13.0. The number of hydrogen-bond acceptors (Lipinski definition) is 7. The molecule has 1 heterocycles. The number of carboxylic acid groups (broad SMARTS) is 1. The lowest BCUT2D eigenvalue weighted by Gasteiger charge is -2.19. The van der Waals surface area contributed by atoms with Crippen molar-refractivity contribution in [2.24, 2.45) is 0 Å². The molecule has 0 aliphatic carbocycles. The molecule has 0 saturated carbocycles. The molecule has 0 aliphatic heterocycles. The van der Waals surface area contributed by atoms with Gasteiger partial charge in [-0.25, -0.2) is 14.6 Å². The number of nitrogens with zero attached hydrogens (tertiary/aromatic N) is 2. The first-order valence-electron chi connectivity index (χ1n) is 6.68. The van der Waals surface area contributed by atoms with Crippen LogP contribution in [0.2, 0.25) is 0 Å². The van der Waals surface area contributed by atoms with E-state index in [0.717, 1.165) is 12.3 Å². The van der Waals surface area contributed by atoms with Crippen molar-refractivity contribution in [3.63, 3.8) is 0 Å². The number of ether oxygens (including phenoxy) is 1. The third-order valence-electron chi connectivity index (χ3n) is 2.40. The van der Waals surface area contributed by atoms with Gasteiger partial charge in [0.2, 0.25) is 0 Å². The third kappa shape index (κ3) is 6.16. The van der Waals surface area contributed by atoms with Crippen molar-refractivity contribution in [3.8, 4) is 0 Å². The summed E-state index contributed by atoms with van der Waals surface area (Å²) in [6.45, 7) is 5.51. The molecular weight excluding hydrogens is 308 g/mol. The van der Waals surface area contributed by atoms with E-state index in [4.69, 9.17) is 9.84 Å². The number of carbonyl (C=O) groups is 2. The summed E-state index contributed by atoms with van der Waals surface area (Å²) < 4.78 is 5.03. The molecule has 10 heteroatoms. The average molecular weight is 326 g/mol. The summed E-state index contributed by atoms with van der Waals surface area (Å²) in [6, 6.07) is 0.916. The Morgan fingerprint density at radius 1 is 1.39 bits per heavy atom. The largest absolute Gasteiger partial charge is 0.478 e. The number of aromatic nitrogens is 1. The fourth-order valence-corrected chi connectivity index (χ4v) is 1.52. The van der Waals surface area contributed by atoms with Crippen LogP contribution in [0.1, 0.15) is 31.1 Å². The molecule has 1 aromatic rings. The maximum absolute atomic E-state index is 11.4. The van der Waals surface area contributed by atoms with Gasteiger partial charge in [0.25, 0.3) is 5.69 Å². The summed E-state index contributed by atoms with van der Waals surface area (Å²) in [5, 5.41) is 24.9. The standard InChI is InChI=1S/C13H18N4O6/c1-13(2,3)23-12(20)15-5-4-14-10-9(11(18)19)6-8(7-16-10)17(21)22/h6-7H,4-5H2,1-3H3,(H,14,16)(H,15,20)(H,18,19). The minimum Gasteiger partial charge on any atom is -0.478 e. The molecule has 1 rings (SSSR count). The van der Waals surface area contributed by atoms with E-state index in [1.807, 2.05) is 0 Å². The number of pyridine rings is 1. The van der Waals surface area contributed by atoms with E-state index in [9.17, 15) is 19.7 Å². The summed E-state index contributed by atoms with van der Waals surface area (Å²) in [6.07, 6.45) is 0.352. The zero-order chi connectivity index (χ0) is 17.6. The van der Waals surface area contributed by atoms with Crippen LogP contribution in [0.5, 0.6) is 0 Å². The number of alkyl carbamates (subject to hydrolysis) is 1. The normalized spacial score (nSPS) is 10.7. The van der Waals surface area contributed by atoms with Crippen LogP contribution in [0.4, 0.5) is 16.3 Å². The minimum atomic E-state index is -1.34. The van der Waals surface area contributed by atoms with Crippen molar-refractivity contribution >= 4 is 23.6 Å². The molecule has 1 amide bonds. The lowest BCUT2D eigenvalue weighted by atomic mass is 10.2. The third-order valence-corrected chi connectivity index (χ3v) is 2.40. The Kier molecular flexibility index (Phi) is 5.82. The summed E-state index contributed by atoms with van der Waals surface area (Å²) in [7, 11) is 0. The lowest BCUT2D eigenvalue weighted by Crippen LogP contribution is -2.35. The Hall–Kier alpha value is -2.91. The molecule has 0 unspecified atom stereocenters. The SMILES string of the molecule is CC(C)(C)OC(=O)NCCNc1ncc([N+](=O)[O-])cc1C(=O)O. The predicted molar refractivity (Wildman–Crippen MR) is 80.6 cm³/mol. The van der Waals surface area contributed by atoms with Crippen LogP contribution in [0.25, 0.3) is 0 Å². The van der Waals surface area contributed by atoms with Crippen molar-refractivity contribution in [1.82, 2.24) is 10.3 Å². The summed E-state index contributed by atoms with van der Waals surface area (Å²) in [5.74, 6) is -1.36. The second-order valence-electron chi connectivity index (χ2n) is 5.51. The van der Waals surface area contributed by atoms with Crippen LogP contribution < -0.4 is 10.6 Å². The second-order valence-corrected chi connectivity index (χ2v) is 5.51. The van der Waals surface area contributed by atoms with Gasteiger partial charge in [0.1, 0.15) is 23.2 Å². The number of nitro groups is 1. The fraction of sp³-hybridized carbons (Fsp3) is 0.462. The highest BCUT2D eigenvalue weighted by atomic mass is 16.6. The van der Waals surface area contributed by atoms with Gasteiger partial charge in [0, 0.05) is 19.2 Å². The Labute approximate surface area is 132 Å². The van der Waals surface area contributed by atoms with Crippen molar-refractivity contribution in [2.45, 2.75) is 26.4 Å². The van der Waals surface area contributed by atoms with E-state index in [2.05, 4.69) is 15.6 Å². The van der Waals surface area contributed by atoms with Gasteiger partial charge < -0.3 is 20.5 Å². The van der Waals surface area contributed by atoms with Gasteiger partial charge in [0.05, 0.1) is 4.92 Å². The Balaban J connectivity index is 2.60. The molecule has 3 N–H and O–H groups in total. The number of aromatic carboxylic acids is 1. The molecule has 0 spiro atoms. The lowest BCUT2D eigenvalue weighted by molar-refractivity contribution is -0.385. The first-order valence-corrected chi connectivity index (χ1v) is 6.68. The Morgan fingerprint density at radius 3 is 2.57 bits per heavy atom. The predicted octanol–water partition coefficient (Wildman–Crippen LogP) is 1.62. The van der Waals surface area contributed by atoms with Gasteiger partial charge in [-0.15, -0.1) is 0 Å². The zero-order valence-corrected chi connectivity index (χ0v) is 13.0. The van der Waals surface area contributed by atoms with Crippen molar-refractivity contribution < 1.29 is 24.4 Å². The highest BCUT2D eigenvalue weighted by molar-refractivity contribution is 5.93. The van der Waals surface area contributed by atoms with E-state index in [1.54, 1.807) is 20.8 Å². The number of rotatable bonds is 6. The Morgan fingerprint density at radius 2 is 2.04 bits per heavy atom. The maximum atomic E-state index is 11.4. The molecule has 1 aromatic heterocycles. The number of amides is 1. The smallest absolute Gasteiger partial charge is 0.407 e. The van der Waals surface area contributed by atoms with Crippen LogP contribution >= 0.6 is 0 Å². The molecule has 23 heavy (non-hydrogen) atoms. The number of carbonyl (C=O) groups excluding carboxylic acids is 1. The highest BCUT2D eigenvalue weighted by Crippen LogP contribution is 2.18. The summed E-state index contributed by atoms with van der Waals surface area (Å²) >= 11 is 0. The number of hydrogen-bond donors (Lipinski definition) is 3. The first kappa shape index (κ1) is 18.1. The molecule has 0 fully saturated rings. The quantitative estimate of drug-likeness (QED) is 0.406. The summed E-state index contributed by atoms with van der Waals surface area (Å²) in [5.41, 5.74) is -1.36. The van der Waals surface area contributed by atoms with Gasteiger partial charge in [0.15, 0.2) is 0 Å². The Bertz CT molecular complexity index is 611. The van der Waals surface area contributed by atoms with Crippen LogP contribution in [0.15, 0.2) is 12.3 Å². The van der Waals surface area contributed by atoms with Crippen LogP contribution in [-0.4, -0.2) is 45.8 Å². The highest BCUT2D eigenvalue weighted by Gasteiger charge is 2.18. The van der Waals surface area contributed by atoms with E-state index >= 15 is 0 Å². The number of anilines is 1. The van der Waals surface area contributed by atoms with Gasteiger partial charge in [-0.05, 0) is 20.8 Å². The fourth-order valence-electron chi connectivity index (χ4n) is 1.52. The van der Waals surface area contributed by atoms with Gasteiger partial charge in [-0.3, -0.25) is 10.1 Å². The van der Waals surface area contributed by atoms with E-state index < -0.39 is 28.3 Å². The van der Waals surface area contributed by atoms with Gasteiger partial charge >= 0.3 is 12.1 Å². The molecule has 10 nitrogen and oxygen atoms in total. The minimum absolute atomic E-state index is 0.0194. The molecule has 0 atom stereocenters. The second kappa shape index (κ2) is 7.38. The maximum Gasteiger partial charge on any atom is 0.407 e. The van der Waals surface area contributed by atoms with Crippen LogP contribution in [-0.2, 0) is 4.74 Å². The number of nitrogens with one attached hydrogen (secondary N) is 2. The number of carboxylic acids is 1. The molecule has 126 valence electrons. The van der Waals surface area contributed by atoms with E-state index in [-0.39, 0.29) is 24.5 Å². The monoisotopic (exact) mass is 326 g/mol. The molecular formula is C13H18N4O6. The van der Waals surface area contributed by atoms with E-state index in [0.29, 0.717) is 0 Å². The molecule has 0 aromatic carbocycles. The molecule has 0 bridgehead atoms. The van der Waals surface area contributed by atoms with Gasteiger partial charge in [-0.2, -0.15) is 0 Å². The topological polar surface area (TPSA) is 144 Å². The van der Waals surface area contributed by atoms with Crippen molar-refractivity contribution in [2.75, 3.05) is 18.4 Å². The average Bonchev–Trinajstić information content (AvgIpc) is 2.41. The van der Waals surface area contributed by atoms with Crippen molar-refractivity contribution in [1.29, 1.82) is 0 Å². The van der Waals surface area contributed by atoms with E-state index in [1.165, 1.54) is 0 Å². The molecule has 0 radical (unpaired) electrons. The molecule has 0 aliphatic rings. The van der Waals surface area contributed by atoms with Crippen LogP contribution in [0.3, 0.4) is 0 Å². The summed E-state index contributed by atoms with van der Waals surface area (Å²) in [4.78, 5) is 36.1. The molecule has 0 saturated heterocycles.